The van der Waals surface area contributed by atoms with Crippen LogP contribution in [0, 0.1) is 0 Å². The van der Waals surface area contributed by atoms with Gasteiger partial charge in [-0.2, -0.15) is 5.10 Å². The Morgan fingerprint density at radius 2 is 1.88 bits per heavy atom. The van der Waals surface area contributed by atoms with Crippen molar-refractivity contribution in [2.24, 2.45) is 0 Å². The Morgan fingerprint density at radius 1 is 1.06 bits per heavy atom. The third-order valence-electron chi connectivity index (χ3n) is 1.63. The highest BCUT2D eigenvalue weighted by molar-refractivity contribution is 5.85. The van der Waals surface area contributed by atoms with Crippen molar-refractivity contribution in [1.82, 2.24) is 10.2 Å². The van der Waals surface area contributed by atoms with Gasteiger partial charge in [0, 0.05) is 24.0 Å². The maximum atomic E-state index is 5.60. The van der Waals surface area contributed by atoms with Gasteiger partial charge in [-0.3, -0.25) is 0 Å². The SMILES string of the molecule is Cl.Cl.Nc1cccc(Oc2cccnn2)c1. The Balaban J connectivity index is 0.00000112. The second kappa shape index (κ2) is 6.87. The topological polar surface area (TPSA) is 61.0 Å². The first-order valence-electron chi connectivity index (χ1n) is 4.16. The molecule has 4 nitrogen and oxygen atoms in total. The minimum absolute atomic E-state index is 0. The molecule has 1 heterocycles. The number of nitrogens with zero attached hydrogens (tertiary/aromatic N) is 2. The van der Waals surface area contributed by atoms with Crippen molar-refractivity contribution >= 4 is 30.5 Å². The van der Waals surface area contributed by atoms with E-state index in [0.717, 1.165) is 0 Å². The van der Waals surface area contributed by atoms with Crippen molar-refractivity contribution in [1.29, 1.82) is 0 Å². The standard InChI is InChI=1S/C10H9N3O.2ClH/c11-8-3-1-4-9(7-8)14-10-5-2-6-12-13-10;;/h1-7H,11H2;2*1H. The Hall–Kier alpha value is -1.52. The van der Waals surface area contributed by atoms with E-state index in [1.807, 2.05) is 12.1 Å². The van der Waals surface area contributed by atoms with Crippen molar-refractivity contribution in [2.45, 2.75) is 0 Å². The Bertz CT molecular complexity index is 425. The maximum Gasteiger partial charge on any atom is 0.238 e. The van der Waals surface area contributed by atoms with Gasteiger partial charge in [0.2, 0.25) is 5.88 Å². The zero-order valence-electron chi connectivity index (χ0n) is 8.24. The van der Waals surface area contributed by atoms with E-state index in [9.17, 15) is 0 Å². The largest absolute Gasteiger partial charge is 0.437 e. The summed E-state index contributed by atoms with van der Waals surface area (Å²) in [5.41, 5.74) is 6.25. The molecule has 0 spiro atoms. The normalized spacial score (nSPS) is 8.50. The second-order valence-corrected chi connectivity index (χ2v) is 2.74. The van der Waals surface area contributed by atoms with E-state index in [1.54, 1.807) is 30.5 Å². The lowest BCUT2D eigenvalue weighted by atomic mass is 10.3. The number of benzene rings is 1. The van der Waals surface area contributed by atoms with Crippen LogP contribution in [-0.4, -0.2) is 10.2 Å². The molecule has 16 heavy (non-hydrogen) atoms. The highest BCUT2D eigenvalue weighted by atomic mass is 35.5. The fraction of sp³-hybridized carbons (Fsp3) is 0. The van der Waals surface area contributed by atoms with Crippen LogP contribution in [0.15, 0.2) is 42.6 Å². The molecule has 0 radical (unpaired) electrons. The van der Waals surface area contributed by atoms with Gasteiger partial charge in [-0.05, 0) is 18.2 Å². The molecule has 2 N–H and O–H groups in total. The smallest absolute Gasteiger partial charge is 0.238 e. The Labute approximate surface area is 106 Å². The van der Waals surface area contributed by atoms with Gasteiger partial charge in [0.15, 0.2) is 0 Å². The predicted octanol–water partition coefficient (Wildman–Crippen LogP) is 2.69. The van der Waals surface area contributed by atoms with Gasteiger partial charge in [-0.1, -0.05) is 6.07 Å². The lowest BCUT2D eigenvalue weighted by Gasteiger charge is -2.03. The number of nitrogen functional groups attached to an aromatic ring is 1. The van der Waals surface area contributed by atoms with Gasteiger partial charge in [-0.15, -0.1) is 29.9 Å². The summed E-state index contributed by atoms with van der Waals surface area (Å²) in [4.78, 5) is 0. The molecule has 2 aromatic rings. The Kier molecular flexibility index (Phi) is 6.22. The van der Waals surface area contributed by atoms with E-state index in [1.165, 1.54) is 0 Å². The monoisotopic (exact) mass is 259 g/mol. The summed E-state index contributed by atoms with van der Waals surface area (Å²) in [5.74, 6) is 1.11. The number of rotatable bonds is 2. The van der Waals surface area contributed by atoms with Crippen molar-refractivity contribution in [2.75, 3.05) is 5.73 Å². The summed E-state index contributed by atoms with van der Waals surface area (Å²) >= 11 is 0. The molecular formula is C10H11Cl2N3O. The van der Waals surface area contributed by atoms with Gasteiger partial charge in [0.1, 0.15) is 5.75 Å². The van der Waals surface area contributed by atoms with Crippen LogP contribution in [0.2, 0.25) is 0 Å². The fourth-order valence-electron chi connectivity index (χ4n) is 1.04. The first-order valence-corrected chi connectivity index (χ1v) is 4.16. The van der Waals surface area contributed by atoms with Crippen LogP contribution in [0.3, 0.4) is 0 Å². The number of ether oxygens (including phenoxy) is 1. The molecule has 0 unspecified atom stereocenters. The summed E-state index contributed by atoms with van der Waals surface area (Å²) in [6.07, 6.45) is 1.59. The Morgan fingerprint density at radius 3 is 2.50 bits per heavy atom. The summed E-state index contributed by atoms with van der Waals surface area (Å²) in [7, 11) is 0. The van der Waals surface area contributed by atoms with E-state index >= 15 is 0 Å². The molecule has 0 bridgehead atoms. The summed E-state index contributed by atoms with van der Waals surface area (Å²) in [5, 5.41) is 7.49. The van der Waals surface area contributed by atoms with Crippen molar-refractivity contribution in [3.63, 3.8) is 0 Å². The highest BCUT2D eigenvalue weighted by Crippen LogP contribution is 2.20. The van der Waals surface area contributed by atoms with Crippen molar-refractivity contribution in [3.05, 3.63) is 42.6 Å². The fourth-order valence-corrected chi connectivity index (χ4v) is 1.04. The number of hydrogen-bond donors (Lipinski definition) is 1. The molecule has 1 aromatic carbocycles. The van der Waals surface area contributed by atoms with Crippen molar-refractivity contribution in [3.8, 4) is 11.6 Å². The number of hydrogen-bond acceptors (Lipinski definition) is 4. The number of anilines is 1. The molecule has 0 saturated heterocycles. The van der Waals surface area contributed by atoms with E-state index < -0.39 is 0 Å². The van der Waals surface area contributed by atoms with E-state index in [-0.39, 0.29) is 24.8 Å². The average molecular weight is 260 g/mol. The predicted molar refractivity (Wildman–Crippen MR) is 67.5 cm³/mol. The summed E-state index contributed by atoms with van der Waals surface area (Å²) < 4.78 is 5.41. The molecule has 2 rings (SSSR count). The zero-order chi connectivity index (χ0) is 9.80. The van der Waals surface area contributed by atoms with Crippen LogP contribution in [-0.2, 0) is 0 Å². The van der Waals surface area contributed by atoms with Gasteiger partial charge in [0.05, 0.1) is 0 Å². The van der Waals surface area contributed by atoms with Gasteiger partial charge >= 0.3 is 0 Å². The first-order chi connectivity index (χ1) is 6.84. The molecule has 0 aliphatic heterocycles. The minimum atomic E-state index is 0. The molecule has 0 aliphatic carbocycles. The lowest BCUT2D eigenvalue weighted by Crippen LogP contribution is -1.90. The zero-order valence-corrected chi connectivity index (χ0v) is 9.87. The molecule has 6 heteroatoms. The molecular weight excluding hydrogens is 249 g/mol. The minimum Gasteiger partial charge on any atom is -0.437 e. The lowest BCUT2D eigenvalue weighted by molar-refractivity contribution is 0.455. The van der Waals surface area contributed by atoms with E-state index in [2.05, 4.69) is 10.2 Å². The third-order valence-corrected chi connectivity index (χ3v) is 1.63. The number of nitrogens with two attached hydrogens (primary N) is 1. The van der Waals surface area contributed by atoms with Crippen LogP contribution >= 0.6 is 24.8 Å². The quantitative estimate of drug-likeness (QED) is 0.843. The van der Waals surface area contributed by atoms with Crippen LogP contribution in [0.25, 0.3) is 0 Å². The summed E-state index contributed by atoms with van der Waals surface area (Å²) in [6, 6.07) is 10.6. The van der Waals surface area contributed by atoms with Crippen molar-refractivity contribution < 1.29 is 4.74 Å². The number of aromatic nitrogens is 2. The van der Waals surface area contributed by atoms with Crippen LogP contribution in [0.1, 0.15) is 0 Å². The van der Waals surface area contributed by atoms with E-state index in [4.69, 9.17) is 10.5 Å². The van der Waals surface area contributed by atoms with Crippen LogP contribution < -0.4 is 10.5 Å². The first kappa shape index (κ1) is 14.5. The molecule has 0 amide bonds. The number of halogens is 2. The van der Waals surface area contributed by atoms with E-state index in [0.29, 0.717) is 17.3 Å². The molecule has 0 atom stereocenters. The highest BCUT2D eigenvalue weighted by Gasteiger charge is 1.97. The summed E-state index contributed by atoms with van der Waals surface area (Å²) in [6.45, 7) is 0. The van der Waals surface area contributed by atoms with Gasteiger partial charge in [-0.25, -0.2) is 0 Å². The molecule has 0 aliphatic rings. The second-order valence-electron chi connectivity index (χ2n) is 2.74. The molecule has 0 saturated carbocycles. The maximum absolute atomic E-state index is 5.60. The van der Waals surface area contributed by atoms with Gasteiger partial charge in [0.25, 0.3) is 0 Å². The molecule has 0 fully saturated rings. The van der Waals surface area contributed by atoms with Crippen LogP contribution in [0.5, 0.6) is 11.6 Å². The molecule has 1 aromatic heterocycles. The average Bonchev–Trinajstić information content (AvgIpc) is 2.19. The molecule has 86 valence electrons. The van der Waals surface area contributed by atoms with Crippen LogP contribution in [0.4, 0.5) is 5.69 Å². The third kappa shape index (κ3) is 3.92. The van der Waals surface area contributed by atoms with Gasteiger partial charge < -0.3 is 10.5 Å².